The molecule has 0 aliphatic carbocycles. The number of hydrogen-bond donors (Lipinski definition) is 0. The Hall–Kier alpha value is -1.90. The van der Waals surface area contributed by atoms with Crippen molar-refractivity contribution in [2.24, 2.45) is 0 Å². The summed E-state index contributed by atoms with van der Waals surface area (Å²) in [6, 6.07) is 20.9. The lowest BCUT2D eigenvalue weighted by Crippen LogP contribution is -2.41. The Kier molecular flexibility index (Phi) is 12.6. The molecule has 0 saturated heterocycles. The first-order valence-corrected chi connectivity index (χ1v) is 8.83. The van der Waals surface area contributed by atoms with Crippen LogP contribution >= 0.6 is 0 Å². The molecule has 0 saturated carbocycles. The topological polar surface area (TPSA) is 6.48 Å². The first-order valence-electron chi connectivity index (χ1n) is 8.83. The highest BCUT2D eigenvalue weighted by molar-refractivity contribution is 6.46. The van der Waals surface area contributed by atoms with Crippen molar-refractivity contribution < 1.29 is 0 Å². The Morgan fingerprint density at radius 2 is 0.913 bits per heavy atom. The maximum absolute atomic E-state index is 2.26. The molecule has 0 aromatic heterocycles. The maximum atomic E-state index is 2.26. The number of para-hydroxylation sites is 2. The van der Waals surface area contributed by atoms with E-state index < -0.39 is 0 Å². The molecule has 0 aliphatic rings. The van der Waals surface area contributed by atoms with Gasteiger partial charge in [0.25, 0.3) is 0 Å². The molecule has 3 heteroatoms. The molecule has 2 rings (SSSR count). The van der Waals surface area contributed by atoms with Crippen LogP contribution in [0.5, 0.6) is 0 Å². The van der Waals surface area contributed by atoms with E-state index in [1.54, 1.807) is 0 Å². The van der Waals surface area contributed by atoms with E-state index in [2.05, 4.69) is 79.5 Å². The number of benzene rings is 2. The molecule has 125 valence electrons. The smallest absolute Gasteiger partial charge is 0.391 e. The highest BCUT2D eigenvalue weighted by Crippen LogP contribution is 2.16. The van der Waals surface area contributed by atoms with Crippen LogP contribution in [0.1, 0.15) is 41.5 Å². The van der Waals surface area contributed by atoms with Crippen LogP contribution in [-0.4, -0.2) is 20.6 Å². The lowest BCUT2D eigenvalue weighted by Gasteiger charge is -2.30. The van der Waals surface area contributed by atoms with Crippen LogP contribution in [0.4, 0.5) is 11.4 Å². The molecule has 0 N–H and O–H groups in total. The first kappa shape index (κ1) is 21.1. The summed E-state index contributed by atoms with van der Waals surface area (Å²) in [6.45, 7) is 14.2. The monoisotopic (exact) mass is 311 g/mol. The van der Waals surface area contributed by atoms with Crippen molar-refractivity contribution in [1.29, 1.82) is 0 Å². The predicted molar refractivity (Wildman–Crippen MR) is 107 cm³/mol. The fourth-order valence-electron chi connectivity index (χ4n) is 2.07. The summed E-state index contributed by atoms with van der Waals surface area (Å²) < 4.78 is 0. The van der Waals surface area contributed by atoms with Crippen molar-refractivity contribution in [3.05, 3.63) is 60.7 Å². The maximum Gasteiger partial charge on any atom is 0.391 e. The van der Waals surface area contributed by atoms with Crippen LogP contribution in [0.25, 0.3) is 0 Å². The van der Waals surface area contributed by atoms with Crippen LogP contribution < -0.4 is 9.62 Å². The summed E-state index contributed by atoms with van der Waals surface area (Å²) in [5.41, 5.74) is 2.44. The van der Waals surface area contributed by atoms with Crippen molar-refractivity contribution in [3.63, 3.8) is 0 Å². The zero-order chi connectivity index (χ0) is 17.5. The third-order valence-electron chi connectivity index (χ3n) is 3.14. The molecular weight excluding hydrogens is 279 g/mol. The SMILES string of the molecule is CC.CC.CCN([B]N(CC)c1ccccc1)c1ccccc1. The minimum atomic E-state index is 0.952. The van der Waals surface area contributed by atoms with Crippen LogP contribution in [0.2, 0.25) is 0 Å². The average molecular weight is 311 g/mol. The minimum absolute atomic E-state index is 0.952. The summed E-state index contributed by atoms with van der Waals surface area (Å²) in [5.74, 6) is 0. The number of anilines is 2. The molecule has 0 aliphatic heterocycles. The Morgan fingerprint density at radius 1 is 0.609 bits per heavy atom. The van der Waals surface area contributed by atoms with Gasteiger partial charge in [-0.25, -0.2) is 0 Å². The number of nitrogens with zero attached hydrogens (tertiary/aromatic N) is 2. The van der Waals surface area contributed by atoms with Gasteiger partial charge in [-0.3, -0.25) is 0 Å². The highest BCUT2D eigenvalue weighted by Gasteiger charge is 2.13. The second kappa shape index (κ2) is 13.7. The number of rotatable bonds is 6. The molecule has 2 aromatic rings. The molecule has 0 heterocycles. The third kappa shape index (κ3) is 7.27. The zero-order valence-electron chi connectivity index (χ0n) is 15.7. The Bertz CT molecular complexity index is 428. The molecule has 0 atom stereocenters. The molecule has 2 aromatic carbocycles. The number of hydrogen-bond acceptors (Lipinski definition) is 2. The second-order valence-electron chi connectivity index (χ2n) is 4.36. The first-order chi connectivity index (χ1) is 11.3. The predicted octanol–water partition coefficient (Wildman–Crippen LogP) is 5.63. The minimum Gasteiger partial charge on any atom is -0.399 e. The summed E-state index contributed by atoms with van der Waals surface area (Å²) >= 11 is 0. The average Bonchev–Trinajstić information content (AvgIpc) is 2.67. The molecule has 0 bridgehead atoms. The molecule has 0 fully saturated rings. The molecule has 1 radical (unpaired) electrons. The van der Waals surface area contributed by atoms with Crippen molar-refractivity contribution in [2.75, 3.05) is 22.7 Å². The standard InChI is InChI=1S/C16H20BN2.2C2H6/c1-3-18(15-11-7-5-8-12-15)17-19(4-2)16-13-9-6-10-14-16;2*1-2/h5-14H,3-4H2,1-2H3;2*1-2H3. The van der Waals surface area contributed by atoms with Crippen molar-refractivity contribution in [3.8, 4) is 0 Å². The second-order valence-corrected chi connectivity index (χ2v) is 4.36. The largest absolute Gasteiger partial charge is 0.399 e. The van der Waals surface area contributed by atoms with Crippen LogP contribution in [0.15, 0.2) is 60.7 Å². The Labute approximate surface area is 144 Å². The van der Waals surface area contributed by atoms with Crippen molar-refractivity contribution in [2.45, 2.75) is 41.5 Å². The zero-order valence-corrected chi connectivity index (χ0v) is 15.7. The van der Waals surface area contributed by atoms with Gasteiger partial charge in [0.1, 0.15) is 0 Å². The van der Waals surface area contributed by atoms with Crippen molar-refractivity contribution in [1.82, 2.24) is 0 Å². The Balaban J connectivity index is 0.00000112. The van der Waals surface area contributed by atoms with Crippen LogP contribution in [-0.2, 0) is 0 Å². The van der Waals surface area contributed by atoms with Crippen LogP contribution in [0, 0.1) is 0 Å². The van der Waals surface area contributed by atoms with E-state index in [-0.39, 0.29) is 0 Å². The van der Waals surface area contributed by atoms with E-state index >= 15 is 0 Å². The van der Waals surface area contributed by atoms with E-state index in [4.69, 9.17) is 0 Å². The molecule has 0 spiro atoms. The van der Waals surface area contributed by atoms with Gasteiger partial charge < -0.3 is 9.62 Å². The lowest BCUT2D eigenvalue weighted by atomic mass is 10.0. The fraction of sp³-hybridized carbons (Fsp3) is 0.400. The molecular formula is C20H32BN2. The lowest BCUT2D eigenvalue weighted by molar-refractivity contribution is 1.02. The van der Waals surface area contributed by atoms with Gasteiger partial charge in [0.2, 0.25) is 0 Å². The van der Waals surface area contributed by atoms with Gasteiger partial charge in [0, 0.05) is 24.5 Å². The van der Waals surface area contributed by atoms with Crippen molar-refractivity contribution >= 4 is 18.9 Å². The van der Waals surface area contributed by atoms with E-state index in [1.165, 1.54) is 11.4 Å². The fourth-order valence-corrected chi connectivity index (χ4v) is 2.07. The van der Waals surface area contributed by atoms with Gasteiger partial charge in [0.05, 0.1) is 0 Å². The summed E-state index contributed by atoms with van der Waals surface area (Å²) in [5, 5.41) is 0. The van der Waals surface area contributed by atoms with Gasteiger partial charge in [-0.15, -0.1) is 0 Å². The molecule has 0 amide bonds. The summed E-state index contributed by atoms with van der Waals surface area (Å²) in [4.78, 5) is 4.52. The van der Waals surface area contributed by atoms with Gasteiger partial charge in [-0.1, -0.05) is 64.1 Å². The Morgan fingerprint density at radius 3 is 1.17 bits per heavy atom. The van der Waals surface area contributed by atoms with E-state index in [0.717, 1.165) is 13.1 Å². The third-order valence-corrected chi connectivity index (χ3v) is 3.14. The van der Waals surface area contributed by atoms with Gasteiger partial charge in [-0.2, -0.15) is 0 Å². The molecule has 0 unspecified atom stereocenters. The van der Waals surface area contributed by atoms with E-state index in [0.29, 0.717) is 0 Å². The van der Waals surface area contributed by atoms with Gasteiger partial charge in [-0.05, 0) is 38.1 Å². The van der Waals surface area contributed by atoms with Gasteiger partial charge >= 0.3 is 7.55 Å². The van der Waals surface area contributed by atoms with E-state index in [9.17, 15) is 0 Å². The highest BCUT2D eigenvalue weighted by atomic mass is 15.2. The quantitative estimate of drug-likeness (QED) is 0.638. The normalized spacial score (nSPS) is 8.78. The van der Waals surface area contributed by atoms with Gasteiger partial charge in [0.15, 0.2) is 0 Å². The van der Waals surface area contributed by atoms with E-state index in [1.807, 2.05) is 39.8 Å². The summed E-state index contributed by atoms with van der Waals surface area (Å²) in [7, 11) is 2.19. The summed E-state index contributed by atoms with van der Waals surface area (Å²) in [6.07, 6.45) is 0. The molecule has 23 heavy (non-hydrogen) atoms. The van der Waals surface area contributed by atoms with Crippen LogP contribution in [0.3, 0.4) is 0 Å². The molecule has 2 nitrogen and oxygen atoms in total.